The van der Waals surface area contributed by atoms with Gasteiger partial charge in [0.15, 0.2) is 0 Å². The average molecular weight is 270 g/mol. The van der Waals surface area contributed by atoms with E-state index in [4.69, 9.17) is 4.74 Å². The molecule has 3 rings (SSSR count). The molecule has 1 aliphatic heterocycles. The Morgan fingerprint density at radius 3 is 2.90 bits per heavy atom. The summed E-state index contributed by atoms with van der Waals surface area (Å²) in [5, 5.41) is 13.9. The van der Waals surface area contributed by atoms with Crippen LogP contribution in [0.1, 0.15) is 5.56 Å². The lowest BCUT2D eigenvalue weighted by Gasteiger charge is -2.12. The van der Waals surface area contributed by atoms with E-state index in [0.717, 1.165) is 17.9 Å². The summed E-state index contributed by atoms with van der Waals surface area (Å²) >= 11 is 0. The fraction of sp³-hybridized carbons (Fsp3) is 0.200. The third-order valence-electron chi connectivity index (χ3n) is 3.30. The van der Waals surface area contributed by atoms with E-state index in [1.807, 2.05) is 24.3 Å². The smallest absolute Gasteiger partial charge is 0.271 e. The molecule has 0 spiro atoms. The first-order chi connectivity index (χ1) is 9.72. The van der Waals surface area contributed by atoms with Crippen molar-refractivity contribution in [1.29, 1.82) is 0 Å². The van der Waals surface area contributed by atoms with Crippen molar-refractivity contribution in [1.82, 2.24) is 0 Å². The first-order valence-electron chi connectivity index (χ1n) is 6.45. The predicted molar refractivity (Wildman–Crippen MR) is 76.1 cm³/mol. The normalized spacial score (nSPS) is 16.3. The minimum absolute atomic E-state index is 0.0617. The van der Waals surface area contributed by atoms with Crippen LogP contribution in [0, 0.1) is 10.1 Å². The number of anilines is 1. The highest BCUT2D eigenvalue weighted by molar-refractivity contribution is 5.51. The summed E-state index contributed by atoms with van der Waals surface area (Å²) in [5.74, 6) is 0.929. The van der Waals surface area contributed by atoms with Gasteiger partial charge in [-0.15, -0.1) is 0 Å². The van der Waals surface area contributed by atoms with Crippen molar-refractivity contribution in [3.05, 3.63) is 64.2 Å². The van der Waals surface area contributed by atoms with Gasteiger partial charge in [0.2, 0.25) is 0 Å². The van der Waals surface area contributed by atoms with Crippen LogP contribution in [0.3, 0.4) is 0 Å². The van der Waals surface area contributed by atoms with Crippen LogP contribution in [0.4, 0.5) is 11.4 Å². The summed E-state index contributed by atoms with van der Waals surface area (Å²) < 4.78 is 5.81. The standard InChI is InChI=1S/C15H14N2O3/c18-17(19)13-6-3-5-12(9-13)16-10-14-8-11-4-1-2-7-15(11)20-14/h1-7,9,14,16H,8,10H2. The molecule has 0 amide bonds. The fourth-order valence-corrected chi connectivity index (χ4v) is 2.33. The molecule has 0 bridgehead atoms. The molecule has 1 aliphatic rings. The largest absolute Gasteiger partial charge is 0.488 e. The van der Waals surface area contributed by atoms with Gasteiger partial charge in [0.1, 0.15) is 11.9 Å². The zero-order chi connectivity index (χ0) is 13.9. The fourth-order valence-electron chi connectivity index (χ4n) is 2.33. The number of non-ortho nitro benzene ring substituents is 1. The van der Waals surface area contributed by atoms with Gasteiger partial charge in [0, 0.05) is 24.2 Å². The number of nitro benzene ring substituents is 1. The number of hydrogen-bond acceptors (Lipinski definition) is 4. The van der Waals surface area contributed by atoms with E-state index in [-0.39, 0.29) is 11.8 Å². The molecule has 0 aromatic heterocycles. The quantitative estimate of drug-likeness (QED) is 0.685. The van der Waals surface area contributed by atoms with Crippen LogP contribution < -0.4 is 10.1 Å². The number of nitrogens with zero attached hydrogens (tertiary/aromatic N) is 1. The van der Waals surface area contributed by atoms with Crippen LogP contribution >= 0.6 is 0 Å². The van der Waals surface area contributed by atoms with Crippen molar-refractivity contribution in [3.8, 4) is 5.75 Å². The first kappa shape index (κ1) is 12.5. The number of ether oxygens (including phenoxy) is 1. The van der Waals surface area contributed by atoms with E-state index in [1.54, 1.807) is 6.07 Å². The first-order valence-corrected chi connectivity index (χ1v) is 6.45. The second-order valence-corrected chi connectivity index (χ2v) is 4.74. The van der Waals surface area contributed by atoms with Crippen molar-refractivity contribution in [2.45, 2.75) is 12.5 Å². The van der Waals surface area contributed by atoms with Gasteiger partial charge in [-0.3, -0.25) is 10.1 Å². The maximum Gasteiger partial charge on any atom is 0.271 e. The molecule has 0 saturated heterocycles. The average Bonchev–Trinajstić information content (AvgIpc) is 2.88. The second-order valence-electron chi connectivity index (χ2n) is 4.74. The van der Waals surface area contributed by atoms with Crippen LogP contribution in [0.15, 0.2) is 48.5 Å². The molecule has 5 nitrogen and oxygen atoms in total. The Labute approximate surface area is 116 Å². The zero-order valence-corrected chi connectivity index (χ0v) is 10.8. The third kappa shape index (κ3) is 2.56. The molecule has 1 heterocycles. The Kier molecular flexibility index (Phi) is 3.25. The zero-order valence-electron chi connectivity index (χ0n) is 10.8. The summed E-state index contributed by atoms with van der Waals surface area (Å²) in [7, 11) is 0. The van der Waals surface area contributed by atoms with Gasteiger partial charge in [-0.25, -0.2) is 0 Å². The molecule has 102 valence electrons. The SMILES string of the molecule is O=[N+]([O-])c1cccc(NCC2Cc3ccccc3O2)c1. The highest BCUT2D eigenvalue weighted by Crippen LogP contribution is 2.28. The summed E-state index contributed by atoms with van der Waals surface area (Å²) in [5.41, 5.74) is 2.03. The summed E-state index contributed by atoms with van der Waals surface area (Å²) in [6.07, 6.45) is 0.921. The van der Waals surface area contributed by atoms with Gasteiger partial charge >= 0.3 is 0 Å². The third-order valence-corrected chi connectivity index (χ3v) is 3.30. The van der Waals surface area contributed by atoms with Gasteiger partial charge in [0.05, 0.1) is 11.5 Å². The number of nitrogens with one attached hydrogen (secondary N) is 1. The van der Waals surface area contributed by atoms with Crippen molar-refractivity contribution in [2.75, 3.05) is 11.9 Å². The molecule has 1 atom stereocenters. The van der Waals surface area contributed by atoms with Crippen molar-refractivity contribution >= 4 is 11.4 Å². The van der Waals surface area contributed by atoms with E-state index < -0.39 is 4.92 Å². The maximum atomic E-state index is 10.7. The van der Waals surface area contributed by atoms with Crippen LogP contribution in [0.5, 0.6) is 5.75 Å². The Balaban J connectivity index is 1.61. The number of para-hydroxylation sites is 1. The van der Waals surface area contributed by atoms with Crippen LogP contribution in [-0.4, -0.2) is 17.6 Å². The highest BCUT2D eigenvalue weighted by atomic mass is 16.6. The van der Waals surface area contributed by atoms with Gasteiger partial charge in [-0.05, 0) is 17.7 Å². The van der Waals surface area contributed by atoms with Crippen molar-refractivity contribution in [3.63, 3.8) is 0 Å². The number of hydrogen-bond donors (Lipinski definition) is 1. The van der Waals surface area contributed by atoms with Crippen molar-refractivity contribution in [2.24, 2.45) is 0 Å². The van der Waals surface area contributed by atoms with Gasteiger partial charge in [-0.1, -0.05) is 24.3 Å². The van der Waals surface area contributed by atoms with Gasteiger partial charge < -0.3 is 10.1 Å². The summed E-state index contributed by atoms with van der Waals surface area (Å²) in [6, 6.07) is 14.5. The number of rotatable bonds is 4. The van der Waals surface area contributed by atoms with E-state index in [0.29, 0.717) is 6.54 Å². The number of fused-ring (bicyclic) bond motifs is 1. The Morgan fingerprint density at radius 2 is 2.10 bits per heavy atom. The molecular formula is C15H14N2O3. The van der Waals surface area contributed by atoms with E-state index in [2.05, 4.69) is 11.4 Å². The summed E-state index contributed by atoms with van der Waals surface area (Å²) in [6.45, 7) is 0.621. The maximum absolute atomic E-state index is 10.7. The van der Waals surface area contributed by atoms with Gasteiger partial charge in [0.25, 0.3) is 5.69 Å². The van der Waals surface area contributed by atoms with Crippen molar-refractivity contribution < 1.29 is 9.66 Å². The van der Waals surface area contributed by atoms with Gasteiger partial charge in [-0.2, -0.15) is 0 Å². The molecule has 0 aliphatic carbocycles. The lowest BCUT2D eigenvalue weighted by molar-refractivity contribution is -0.384. The Morgan fingerprint density at radius 1 is 1.25 bits per heavy atom. The lowest BCUT2D eigenvalue weighted by atomic mass is 10.1. The molecule has 1 unspecified atom stereocenters. The molecule has 1 N–H and O–H groups in total. The topological polar surface area (TPSA) is 64.4 Å². The molecular weight excluding hydrogens is 256 g/mol. The number of nitro groups is 1. The molecule has 2 aromatic rings. The van der Waals surface area contributed by atoms with Crippen LogP contribution in [0.2, 0.25) is 0 Å². The predicted octanol–water partition coefficient (Wildman–Crippen LogP) is 3.01. The summed E-state index contributed by atoms with van der Waals surface area (Å²) in [4.78, 5) is 10.3. The van der Waals surface area contributed by atoms with E-state index >= 15 is 0 Å². The number of benzene rings is 2. The minimum Gasteiger partial charge on any atom is -0.488 e. The molecule has 0 fully saturated rings. The minimum atomic E-state index is -0.396. The molecule has 5 heteroatoms. The second kappa shape index (κ2) is 5.21. The van der Waals surface area contributed by atoms with E-state index in [9.17, 15) is 10.1 Å². The molecule has 0 saturated carbocycles. The molecule has 0 radical (unpaired) electrons. The van der Waals surface area contributed by atoms with E-state index in [1.165, 1.54) is 17.7 Å². The Hall–Kier alpha value is -2.56. The molecule has 2 aromatic carbocycles. The van der Waals surface area contributed by atoms with Crippen LogP contribution in [0.25, 0.3) is 0 Å². The molecule has 20 heavy (non-hydrogen) atoms. The monoisotopic (exact) mass is 270 g/mol. The van der Waals surface area contributed by atoms with Crippen LogP contribution in [-0.2, 0) is 6.42 Å². The Bertz CT molecular complexity index is 618. The highest BCUT2D eigenvalue weighted by Gasteiger charge is 2.21. The lowest BCUT2D eigenvalue weighted by Crippen LogP contribution is -2.23.